The summed E-state index contributed by atoms with van der Waals surface area (Å²) >= 11 is 0. The number of aromatic amines is 1. The molecule has 1 aromatic heterocycles. The Kier molecular flexibility index (Phi) is 3.23. The molecule has 17 heavy (non-hydrogen) atoms. The Bertz CT molecular complexity index is 437. The standard InChI is InChI=1S/C11H15N3O3/c1-13(6-8-2-3-8)7-11(15)10-4-9(5-12-10)14(16)17/h4-5,8,12H,2-3,6-7H2,1H3. The van der Waals surface area contributed by atoms with Crippen molar-refractivity contribution in [3.8, 4) is 0 Å². The maximum atomic E-state index is 11.8. The van der Waals surface area contributed by atoms with Gasteiger partial charge in [-0.15, -0.1) is 0 Å². The lowest BCUT2D eigenvalue weighted by atomic mass is 10.2. The van der Waals surface area contributed by atoms with Crippen molar-refractivity contribution in [3.63, 3.8) is 0 Å². The van der Waals surface area contributed by atoms with Crippen LogP contribution in [0.15, 0.2) is 12.3 Å². The fourth-order valence-corrected chi connectivity index (χ4v) is 1.79. The number of carbonyl (C=O) groups excluding carboxylic acids is 1. The lowest BCUT2D eigenvalue weighted by Gasteiger charge is -2.14. The zero-order valence-corrected chi connectivity index (χ0v) is 9.68. The van der Waals surface area contributed by atoms with E-state index in [1.165, 1.54) is 25.1 Å². The van der Waals surface area contributed by atoms with Crippen LogP contribution in [0, 0.1) is 16.0 Å². The Morgan fingerprint density at radius 1 is 1.65 bits per heavy atom. The molecule has 1 aromatic rings. The quantitative estimate of drug-likeness (QED) is 0.461. The van der Waals surface area contributed by atoms with Gasteiger partial charge in [0.15, 0.2) is 5.78 Å². The number of carbonyl (C=O) groups is 1. The van der Waals surface area contributed by atoms with Crippen molar-refractivity contribution in [1.29, 1.82) is 0 Å². The van der Waals surface area contributed by atoms with Crippen molar-refractivity contribution in [2.24, 2.45) is 5.92 Å². The molecule has 1 fully saturated rings. The molecule has 6 heteroatoms. The number of nitrogens with one attached hydrogen (secondary N) is 1. The smallest absolute Gasteiger partial charge is 0.287 e. The van der Waals surface area contributed by atoms with Crippen molar-refractivity contribution in [2.75, 3.05) is 20.1 Å². The number of Topliss-reactive ketones (excluding diaryl/α,β-unsaturated/α-hetero) is 1. The summed E-state index contributed by atoms with van der Waals surface area (Å²) in [5.74, 6) is 0.618. The van der Waals surface area contributed by atoms with Crippen molar-refractivity contribution in [2.45, 2.75) is 12.8 Å². The monoisotopic (exact) mass is 237 g/mol. The van der Waals surface area contributed by atoms with Crippen molar-refractivity contribution in [1.82, 2.24) is 9.88 Å². The van der Waals surface area contributed by atoms with E-state index in [1.807, 2.05) is 11.9 Å². The largest absolute Gasteiger partial charge is 0.353 e. The van der Waals surface area contributed by atoms with Gasteiger partial charge in [0.25, 0.3) is 5.69 Å². The number of likely N-dealkylation sites (N-methyl/N-ethyl adjacent to an activating group) is 1. The van der Waals surface area contributed by atoms with Crippen LogP contribution in [0.1, 0.15) is 23.3 Å². The molecule has 1 aliphatic carbocycles. The molecule has 2 rings (SSSR count). The summed E-state index contributed by atoms with van der Waals surface area (Å²) in [7, 11) is 1.90. The second-order valence-electron chi connectivity index (χ2n) is 4.59. The second kappa shape index (κ2) is 4.67. The zero-order valence-electron chi connectivity index (χ0n) is 9.68. The third-order valence-electron chi connectivity index (χ3n) is 2.86. The summed E-state index contributed by atoms with van der Waals surface area (Å²) in [6, 6.07) is 1.29. The van der Waals surface area contributed by atoms with E-state index in [9.17, 15) is 14.9 Å². The van der Waals surface area contributed by atoms with Gasteiger partial charge in [0.05, 0.1) is 23.4 Å². The lowest BCUT2D eigenvalue weighted by Crippen LogP contribution is -2.28. The van der Waals surface area contributed by atoms with Gasteiger partial charge in [-0.05, 0) is 25.8 Å². The molecule has 1 N–H and O–H groups in total. The van der Waals surface area contributed by atoms with Gasteiger partial charge in [0.2, 0.25) is 0 Å². The summed E-state index contributed by atoms with van der Waals surface area (Å²) < 4.78 is 0. The van der Waals surface area contributed by atoms with Crippen LogP contribution in [0.3, 0.4) is 0 Å². The minimum Gasteiger partial charge on any atom is -0.353 e. The number of hydrogen-bond acceptors (Lipinski definition) is 4. The molecular weight excluding hydrogens is 222 g/mol. The maximum Gasteiger partial charge on any atom is 0.287 e. The van der Waals surface area contributed by atoms with Crippen molar-refractivity contribution >= 4 is 11.5 Å². The van der Waals surface area contributed by atoms with Crippen LogP contribution in [-0.2, 0) is 0 Å². The van der Waals surface area contributed by atoms with Gasteiger partial charge in [-0.2, -0.15) is 0 Å². The number of nitrogens with zero attached hydrogens (tertiary/aromatic N) is 2. The summed E-state index contributed by atoms with van der Waals surface area (Å²) in [4.78, 5) is 26.4. The molecule has 0 amide bonds. The van der Waals surface area contributed by atoms with Gasteiger partial charge in [-0.25, -0.2) is 0 Å². The number of aromatic nitrogens is 1. The highest BCUT2D eigenvalue weighted by atomic mass is 16.6. The number of H-pyrrole nitrogens is 1. The van der Waals surface area contributed by atoms with E-state index in [-0.39, 0.29) is 11.5 Å². The van der Waals surface area contributed by atoms with E-state index < -0.39 is 4.92 Å². The zero-order chi connectivity index (χ0) is 12.4. The van der Waals surface area contributed by atoms with Crippen LogP contribution in [0.4, 0.5) is 5.69 Å². The first-order valence-corrected chi connectivity index (χ1v) is 5.61. The molecule has 0 aromatic carbocycles. The highest BCUT2D eigenvalue weighted by Gasteiger charge is 2.24. The van der Waals surface area contributed by atoms with Crippen molar-refractivity contribution in [3.05, 3.63) is 28.1 Å². The van der Waals surface area contributed by atoms with Gasteiger partial charge in [-0.1, -0.05) is 0 Å². The van der Waals surface area contributed by atoms with Gasteiger partial charge >= 0.3 is 0 Å². The van der Waals surface area contributed by atoms with Crippen LogP contribution < -0.4 is 0 Å². The second-order valence-corrected chi connectivity index (χ2v) is 4.59. The molecule has 0 atom stereocenters. The first-order chi connectivity index (χ1) is 8.06. The van der Waals surface area contributed by atoms with E-state index in [1.54, 1.807) is 0 Å². The van der Waals surface area contributed by atoms with Crippen LogP contribution >= 0.6 is 0 Å². The average molecular weight is 237 g/mol. The molecular formula is C11H15N3O3. The SMILES string of the molecule is CN(CC(=O)c1cc([N+](=O)[O-])c[nH]1)CC1CC1. The Morgan fingerprint density at radius 2 is 2.35 bits per heavy atom. The summed E-state index contributed by atoms with van der Waals surface area (Å²) in [6.07, 6.45) is 3.73. The van der Waals surface area contributed by atoms with Crippen LogP contribution in [0.5, 0.6) is 0 Å². The van der Waals surface area contributed by atoms with Crippen LogP contribution in [-0.4, -0.2) is 40.7 Å². The molecule has 1 aliphatic rings. The number of nitro groups is 1. The Labute approximate surface area is 98.8 Å². The van der Waals surface area contributed by atoms with Gasteiger partial charge in [0, 0.05) is 12.6 Å². The van der Waals surface area contributed by atoms with E-state index in [4.69, 9.17) is 0 Å². The molecule has 0 spiro atoms. The molecule has 0 radical (unpaired) electrons. The molecule has 1 heterocycles. The van der Waals surface area contributed by atoms with Crippen molar-refractivity contribution < 1.29 is 9.72 Å². The molecule has 0 aliphatic heterocycles. The first kappa shape index (κ1) is 11.8. The Morgan fingerprint density at radius 3 is 2.88 bits per heavy atom. The lowest BCUT2D eigenvalue weighted by molar-refractivity contribution is -0.384. The summed E-state index contributed by atoms with van der Waals surface area (Å²) in [6.45, 7) is 1.22. The maximum absolute atomic E-state index is 11.8. The fraction of sp³-hybridized carbons (Fsp3) is 0.545. The van der Waals surface area contributed by atoms with E-state index in [0.29, 0.717) is 12.2 Å². The highest BCUT2D eigenvalue weighted by Crippen LogP contribution is 2.29. The van der Waals surface area contributed by atoms with Crippen LogP contribution in [0.25, 0.3) is 0 Å². The predicted molar refractivity (Wildman–Crippen MR) is 62.0 cm³/mol. The Hall–Kier alpha value is -1.69. The van der Waals surface area contributed by atoms with Crippen LogP contribution in [0.2, 0.25) is 0 Å². The minimum absolute atomic E-state index is 0.0711. The normalized spacial score (nSPS) is 15.2. The third kappa shape index (κ3) is 3.13. The van der Waals surface area contributed by atoms with Gasteiger partial charge < -0.3 is 4.98 Å². The number of rotatable bonds is 6. The topological polar surface area (TPSA) is 79.2 Å². The Balaban J connectivity index is 1.91. The average Bonchev–Trinajstić information content (AvgIpc) is 2.92. The van der Waals surface area contributed by atoms with Gasteiger partial charge in [0.1, 0.15) is 0 Å². The molecule has 0 bridgehead atoms. The number of ketones is 1. The van der Waals surface area contributed by atoms with Gasteiger partial charge in [-0.3, -0.25) is 19.8 Å². The summed E-state index contributed by atoms with van der Waals surface area (Å²) in [5.41, 5.74) is 0.234. The molecule has 0 unspecified atom stereocenters. The fourth-order valence-electron chi connectivity index (χ4n) is 1.79. The molecule has 92 valence electrons. The first-order valence-electron chi connectivity index (χ1n) is 5.61. The minimum atomic E-state index is -0.513. The highest BCUT2D eigenvalue weighted by molar-refractivity contribution is 5.96. The predicted octanol–water partition coefficient (Wildman–Crippen LogP) is 1.45. The van der Waals surface area contributed by atoms with E-state index >= 15 is 0 Å². The van der Waals surface area contributed by atoms with E-state index in [2.05, 4.69) is 4.98 Å². The molecule has 6 nitrogen and oxygen atoms in total. The molecule has 1 saturated carbocycles. The molecule has 0 saturated heterocycles. The summed E-state index contributed by atoms with van der Waals surface area (Å²) in [5, 5.41) is 10.5. The van der Waals surface area contributed by atoms with E-state index in [0.717, 1.165) is 12.5 Å². The number of hydrogen-bond donors (Lipinski definition) is 1. The third-order valence-corrected chi connectivity index (χ3v) is 2.86.